The lowest BCUT2D eigenvalue weighted by atomic mass is 9.63. The molecular formula is C14H27Cl. The summed E-state index contributed by atoms with van der Waals surface area (Å²) in [5.74, 6) is 1.85. The fourth-order valence-corrected chi connectivity index (χ4v) is 4.00. The second-order valence-electron chi connectivity index (χ2n) is 6.03. The van der Waals surface area contributed by atoms with Crippen LogP contribution in [0.3, 0.4) is 0 Å². The number of hydrogen-bond donors (Lipinski definition) is 0. The van der Waals surface area contributed by atoms with Gasteiger partial charge in [0.1, 0.15) is 0 Å². The van der Waals surface area contributed by atoms with Crippen molar-refractivity contribution in [3.05, 3.63) is 0 Å². The maximum atomic E-state index is 6.17. The molecule has 0 spiro atoms. The predicted molar refractivity (Wildman–Crippen MR) is 69.5 cm³/mol. The normalized spacial score (nSPS) is 30.2. The minimum absolute atomic E-state index is 0.319. The van der Waals surface area contributed by atoms with Crippen molar-refractivity contribution in [1.29, 1.82) is 0 Å². The van der Waals surface area contributed by atoms with Gasteiger partial charge in [-0.2, -0.15) is 0 Å². The first-order valence-electron chi connectivity index (χ1n) is 6.61. The van der Waals surface area contributed by atoms with E-state index in [0.717, 1.165) is 18.3 Å². The Hall–Kier alpha value is 0.290. The first-order valence-corrected chi connectivity index (χ1v) is 7.05. The highest BCUT2D eigenvalue weighted by Gasteiger charge is 2.36. The van der Waals surface area contributed by atoms with E-state index in [2.05, 4.69) is 27.7 Å². The van der Waals surface area contributed by atoms with Gasteiger partial charge in [-0.15, -0.1) is 11.6 Å². The molecule has 15 heavy (non-hydrogen) atoms. The van der Waals surface area contributed by atoms with Gasteiger partial charge in [-0.1, -0.05) is 46.5 Å². The van der Waals surface area contributed by atoms with Crippen LogP contribution in [0.15, 0.2) is 0 Å². The maximum Gasteiger partial charge on any atom is 0.0313 e. The van der Waals surface area contributed by atoms with E-state index in [9.17, 15) is 0 Å². The molecule has 0 amide bonds. The molecule has 0 heterocycles. The molecule has 1 aliphatic rings. The molecule has 1 fully saturated rings. The lowest BCUT2D eigenvalue weighted by Crippen LogP contribution is -2.34. The quantitative estimate of drug-likeness (QED) is 0.579. The van der Waals surface area contributed by atoms with Crippen LogP contribution in [0.25, 0.3) is 0 Å². The van der Waals surface area contributed by atoms with E-state index in [1.54, 1.807) is 0 Å². The smallest absolute Gasteiger partial charge is 0.0313 e. The first kappa shape index (κ1) is 13.4. The number of rotatable bonds is 4. The Balaban J connectivity index is 2.64. The zero-order valence-electron chi connectivity index (χ0n) is 10.9. The molecule has 0 aromatic rings. The summed E-state index contributed by atoms with van der Waals surface area (Å²) >= 11 is 6.17. The van der Waals surface area contributed by atoms with Gasteiger partial charge in [0.15, 0.2) is 0 Å². The Bertz CT molecular complexity index is 184. The summed E-state index contributed by atoms with van der Waals surface area (Å²) in [5.41, 5.74) is 0.433. The zero-order valence-corrected chi connectivity index (χ0v) is 11.6. The third-order valence-electron chi connectivity index (χ3n) is 4.24. The van der Waals surface area contributed by atoms with Crippen molar-refractivity contribution >= 4 is 11.6 Å². The average Bonchev–Trinajstić information content (AvgIpc) is 2.16. The van der Waals surface area contributed by atoms with Crippen LogP contribution in [0.2, 0.25) is 0 Å². The number of hydrogen-bond acceptors (Lipinski definition) is 0. The van der Waals surface area contributed by atoms with Crippen molar-refractivity contribution in [2.75, 3.05) is 0 Å². The molecule has 3 unspecified atom stereocenters. The summed E-state index contributed by atoms with van der Waals surface area (Å²) in [5, 5.41) is 0.319. The van der Waals surface area contributed by atoms with Crippen LogP contribution in [0, 0.1) is 17.3 Å². The average molecular weight is 231 g/mol. The first-order chi connectivity index (χ1) is 6.97. The van der Waals surface area contributed by atoms with Crippen LogP contribution >= 0.6 is 11.6 Å². The molecular weight excluding hydrogens is 204 g/mol. The van der Waals surface area contributed by atoms with E-state index in [-0.39, 0.29) is 0 Å². The summed E-state index contributed by atoms with van der Waals surface area (Å²) in [6.45, 7) is 9.32. The Labute approximate surface area is 101 Å². The standard InChI is InChI=1S/C14H27Cl/c1-5-12-8-6-7-9-13(12)14(3,4)10-11(2)15/h11-13H,5-10H2,1-4H3. The monoisotopic (exact) mass is 230 g/mol. The molecule has 0 aromatic heterocycles. The van der Waals surface area contributed by atoms with Crippen LogP contribution < -0.4 is 0 Å². The van der Waals surface area contributed by atoms with E-state index in [1.165, 1.54) is 32.1 Å². The third-order valence-corrected chi connectivity index (χ3v) is 4.40. The van der Waals surface area contributed by atoms with Gasteiger partial charge in [0.05, 0.1) is 0 Å². The van der Waals surface area contributed by atoms with Crippen LogP contribution in [0.1, 0.15) is 66.2 Å². The molecule has 1 rings (SSSR count). The van der Waals surface area contributed by atoms with Gasteiger partial charge in [0.2, 0.25) is 0 Å². The molecule has 0 bridgehead atoms. The van der Waals surface area contributed by atoms with Crippen molar-refractivity contribution in [1.82, 2.24) is 0 Å². The Morgan fingerprint density at radius 2 is 1.87 bits per heavy atom. The fourth-order valence-electron chi connectivity index (χ4n) is 3.60. The molecule has 3 atom stereocenters. The number of halogens is 1. The Kier molecular flexibility index (Phi) is 4.96. The highest BCUT2D eigenvalue weighted by molar-refractivity contribution is 6.20. The molecule has 0 N–H and O–H groups in total. The minimum atomic E-state index is 0.319. The third kappa shape index (κ3) is 3.66. The summed E-state index contributed by atoms with van der Waals surface area (Å²) in [7, 11) is 0. The Morgan fingerprint density at radius 1 is 1.27 bits per heavy atom. The van der Waals surface area contributed by atoms with Crippen LogP contribution in [0.4, 0.5) is 0 Å². The van der Waals surface area contributed by atoms with Crippen LogP contribution in [-0.2, 0) is 0 Å². The van der Waals surface area contributed by atoms with E-state index >= 15 is 0 Å². The largest absolute Gasteiger partial charge is 0.123 e. The summed E-state index contributed by atoms with van der Waals surface area (Å²) < 4.78 is 0. The van der Waals surface area contributed by atoms with Crippen molar-refractivity contribution in [3.8, 4) is 0 Å². The summed E-state index contributed by atoms with van der Waals surface area (Å²) in [6.07, 6.45) is 8.26. The molecule has 0 radical (unpaired) electrons. The highest BCUT2D eigenvalue weighted by Crippen LogP contribution is 2.46. The molecule has 1 heteroatoms. The number of alkyl halides is 1. The molecule has 1 aliphatic carbocycles. The molecule has 0 aliphatic heterocycles. The van der Waals surface area contributed by atoms with E-state index < -0.39 is 0 Å². The fraction of sp³-hybridized carbons (Fsp3) is 1.00. The van der Waals surface area contributed by atoms with Crippen molar-refractivity contribution in [3.63, 3.8) is 0 Å². The topological polar surface area (TPSA) is 0 Å². The second-order valence-corrected chi connectivity index (χ2v) is 6.78. The van der Waals surface area contributed by atoms with Gasteiger partial charge in [0, 0.05) is 5.38 Å². The van der Waals surface area contributed by atoms with Crippen LogP contribution in [0.5, 0.6) is 0 Å². The summed E-state index contributed by atoms with van der Waals surface area (Å²) in [6, 6.07) is 0. The van der Waals surface area contributed by atoms with Gasteiger partial charge >= 0.3 is 0 Å². The van der Waals surface area contributed by atoms with Gasteiger partial charge in [-0.3, -0.25) is 0 Å². The zero-order chi connectivity index (χ0) is 11.5. The molecule has 0 saturated heterocycles. The van der Waals surface area contributed by atoms with Crippen LogP contribution in [-0.4, -0.2) is 5.38 Å². The van der Waals surface area contributed by atoms with Crippen molar-refractivity contribution in [2.24, 2.45) is 17.3 Å². The second kappa shape index (κ2) is 5.57. The van der Waals surface area contributed by atoms with Gasteiger partial charge in [0.25, 0.3) is 0 Å². The van der Waals surface area contributed by atoms with E-state index in [4.69, 9.17) is 11.6 Å². The SMILES string of the molecule is CCC1CCCCC1C(C)(C)CC(C)Cl. The molecule has 1 saturated carbocycles. The lowest BCUT2D eigenvalue weighted by Gasteiger charge is -2.43. The van der Waals surface area contributed by atoms with Crippen molar-refractivity contribution < 1.29 is 0 Å². The maximum absolute atomic E-state index is 6.17. The lowest BCUT2D eigenvalue weighted by molar-refractivity contribution is 0.0817. The molecule has 0 nitrogen and oxygen atoms in total. The minimum Gasteiger partial charge on any atom is -0.123 e. The Morgan fingerprint density at radius 3 is 2.40 bits per heavy atom. The highest BCUT2D eigenvalue weighted by atomic mass is 35.5. The van der Waals surface area contributed by atoms with Gasteiger partial charge < -0.3 is 0 Å². The van der Waals surface area contributed by atoms with E-state index in [1.807, 2.05) is 0 Å². The molecule has 0 aromatic carbocycles. The van der Waals surface area contributed by atoms with E-state index in [0.29, 0.717) is 10.8 Å². The van der Waals surface area contributed by atoms with Gasteiger partial charge in [-0.25, -0.2) is 0 Å². The van der Waals surface area contributed by atoms with Crippen molar-refractivity contribution in [2.45, 2.75) is 71.6 Å². The summed E-state index contributed by atoms with van der Waals surface area (Å²) in [4.78, 5) is 0. The molecule has 90 valence electrons. The predicted octanol–water partition coefficient (Wildman–Crippen LogP) is 5.25. The van der Waals surface area contributed by atoms with Gasteiger partial charge in [-0.05, 0) is 37.0 Å².